The SMILES string of the molecule is COC(=O)[C@H](CC(C)C)N[C@@H](C(=O)NC(C)(C)C)c1ccccc1. The number of hydrogen-bond donors (Lipinski definition) is 2. The molecule has 0 aliphatic carbocycles. The summed E-state index contributed by atoms with van der Waals surface area (Å²) < 4.78 is 4.90. The molecule has 5 nitrogen and oxygen atoms in total. The zero-order valence-corrected chi connectivity index (χ0v) is 15.6. The minimum Gasteiger partial charge on any atom is -0.468 e. The summed E-state index contributed by atoms with van der Waals surface area (Å²) in [6, 6.07) is 8.26. The molecular weight excluding hydrogens is 304 g/mol. The molecular formula is C19H30N2O3. The first-order chi connectivity index (χ1) is 11.1. The van der Waals surface area contributed by atoms with Crippen LogP contribution >= 0.6 is 0 Å². The molecule has 134 valence electrons. The van der Waals surface area contributed by atoms with Crippen LogP contribution in [0.4, 0.5) is 0 Å². The molecule has 0 aliphatic heterocycles. The molecule has 0 spiro atoms. The predicted molar refractivity (Wildman–Crippen MR) is 95.5 cm³/mol. The van der Waals surface area contributed by atoms with Crippen molar-refractivity contribution in [3.8, 4) is 0 Å². The molecule has 0 bridgehead atoms. The Morgan fingerprint density at radius 1 is 1.12 bits per heavy atom. The van der Waals surface area contributed by atoms with Gasteiger partial charge in [-0.25, -0.2) is 0 Å². The molecule has 1 rings (SSSR count). The number of carbonyl (C=O) groups is 2. The van der Waals surface area contributed by atoms with Crippen molar-refractivity contribution >= 4 is 11.9 Å². The average Bonchev–Trinajstić information content (AvgIpc) is 2.49. The van der Waals surface area contributed by atoms with E-state index in [1.165, 1.54) is 7.11 Å². The van der Waals surface area contributed by atoms with Gasteiger partial charge in [0.1, 0.15) is 12.1 Å². The molecule has 0 saturated carbocycles. The van der Waals surface area contributed by atoms with Gasteiger partial charge in [-0.1, -0.05) is 44.2 Å². The van der Waals surface area contributed by atoms with Crippen LogP contribution in [-0.4, -0.2) is 30.6 Å². The molecule has 1 aromatic rings. The van der Waals surface area contributed by atoms with E-state index in [0.717, 1.165) is 5.56 Å². The highest BCUT2D eigenvalue weighted by molar-refractivity contribution is 5.85. The number of carbonyl (C=O) groups excluding carboxylic acids is 2. The summed E-state index contributed by atoms with van der Waals surface area (Å²) in [6.07, 6.45) is 0.596. The minimum absolute atomic E-state index is 0.161. The van der Waals surface area contributed by atoms with Crippen LogP contribution in [0.5, 0.6) is 0 Å². The van der Waals surface area contributed by atoms with E-state index >= 15 is 0 Å². The van der Waals surface area contributed by atoms with Crippen molar-refractivity contribution in [3.63, 3.8) is 0 Å². The number of amides is 1. The van der Waals surface area contributed by atoms with Crippen molar-refractivity contribution in [2.45, 2.75) is 58.7 Å². The maximum Gasteiger partial charge on any atom is 0.322 e. The fourth-order valence-corrected chi connectivity index (χ4v) is 2.46. The Morgan fingerprint density at radius 2 is 1.71 bits per heavy atom. The first kappa shape index (κ1) is 20.2. The Balaban J connectivity index is 3.07. The number of nitrogens with one attached hydrogen (secondary N) is 2. The molecule has 0 aromatic heterocycles. The van der Waals surface area contributed by atoms with Crippen molar-refractivity contribution < 1.29 is 14.3 Å². The van der Waals surface area contributed by atoms with E-state index in [4.69, 9.17) is 4.74 Å². The van der Waals surface area contributed by atoms with Crippen LogP contribution in [0.3, 0.4) is 0 Å². The number of rotatable bonds is 7. The zero-order chi connectivity index (χ0) is 18.3. The molecule has 5 heteroatoms. The molecule has 2 N–H and O–H groups in total. The second-order valence-electron chi connectivity index (χ2n) is 7.45. The number of hydrogen-bond acceptors (Lipinski definition) is 4. The Labute approximate surface area is 145 Å². The summed E-state index contributed by atoms with van der Waals surface area (Å²) in [5.41, 5.74) is 0.460. The highest BCUT2D eigenvalue weighted by Crippen LogP contribution is 2.18. The van der Waals surface area contributed by atoms with Crippen molar-refractivity contribution in [1.82, 2.24) is 10.6 Å². The van der Waals surface area contributed by atoms with Gasteiger partial charge in [0, 0.05) is 5.54 Å². The third-order valence-electron chi connectivity index (χ3n) is 3.45. The molecule has 0 radical (unpaired) electrons. The number of methoxy groups -OCH3 is 1. The zero-order valence-electron chi connectivity index (χ0n) is 15.6. The predicted octanol–water partition coefficient (Wildman–Crippen LogP) is 2.82. The molecule has 0 unspecified atom stereocenters. The highest BCUT2D eigenvalue weighted by atomic mass is 16.5. The fraction of sp³-hybridized carbons (Fsp3) is 0.579. The van der Waals surface area contributed by atoms with Crippen molar-refractivity contribution in [3.05, 3.63) is 35.9 Å². The lowest BCUT2D eigenvalue weighted by atomic mass is 9.99. The molecule has 0 heterocycles. The van der Waals surface area contributed by atoms with E-state index in [2.05, 4.69) is 10.6 Å². The van der Waals surface area contributed by atoms with E-state index < -0.39 is 12.1 Å². The smallest absolute Gasteiger partial charge is 0.322 e. The number of ether oxygens (including phenoxy) is 1. The van der Waals surface area contributed by atoms with Gasteiger partial charge >= 0.3 is 5.97 Å². The highest BCUT2D eigenvalue weighted by Gasteiger charge is 2.30. The molecule has 0 saturated heterocycles. The molecule has 1 aromatic carbocycles. The van der Waals surface area contributed by atoms with Crippen LogP contribution in [0.25, 0.3) is 0 Å². The van der Waals surface area contributed by atoms with Gasteiger partial charge in [0.15, 0.2) is 0 Å². The third kappa shape index (κ3) is 6.71. The van der Waals surface area contributed by atoms with Crippen LogP contribution < -0.4 is 10.6 Å². The molecule has 0 fully saturated rings. The van der Waals surface area contributed by atoms with Gasteiger partial charge in [-0.15, -0.1) is 0 Å². The maximum absolute atomic E-state index is 12.8. The number of esters is 1. The van der Waals surface area contributed by atoms with Gasteiger partial charge in [-0.2, -0.15) is 0 Å². The lowest BCUT2D eigenvalue weighted by Crippen LogP contribution is -2.50. The van der Waals surface area contributed by atoms with Crippen LogP contribution in [0.1, 0.15) is 52.6 Å². The molecule has 0 aliphatic rings. The summed E-state index contributed by atoms with van der Waals surface area (Å²) in [5, 5.41) is 6.17. The van der Waals surface area contributed by atoms with Gasteiger partial charge in [-0.3, -0.25) is 14.9 Å². The van der Waals surface area contributed by atoms with Crippen molar-refractivity contribution in [1.29, 1.82) is 0 Å². The number of benzene rings is 1. The van der Waals surface area contributed by atoms with Crippen LogP contribution in [-0.2, 0) is 14.3 Å². The average molecular weight is 334 g/mol. The van der Waals surface area contributed by atoms with Crippen LogP contribution in [0.15, 0.2) is 30.3 Å². The van der Waals surface area contributed by atoms with Gasteiger partial charge < -0.3 is 10.1 Å². The summed E-state index contributed by atoms with van der Waals surface area (Å²) >= 11 is 0. The first-order valence-corrected chi connectivity index (χ1v) is 8.35. The first-order valence-electron chi connectivity index (χ1n) is 8.35. The molecule has 1 amide bonds. The standard InChI is InChI=1S/C19H30N2O3/c1-13(2)12-15(18(23)24-6)20-16(14-10-8-7-9-11-14)17(22)21-19(3,4)5/h7-11,13,15-16,20H,12H2,1-6H3,(H,21,22)/t15-,16+/m0/s1. The topological polar surface area (TPSA) is 67.4 Å². The summed E-state index contributed by atoms with van der Waals surface area (Å²) in [7, 11) is 1.37. The largest absolute Gasteiger partial charge is 0.468 e. The summed E-state index contributed by atoms with van der Waals surface area (Å²) in [4.78, 5) is 24.9. The van der Waals surface area contributed by atoms with Gasteiger partial charge in [-0.05, 0) is 38.7 Å². The Hall–Kier alpha value is -1.88. The second-order valence-corrected chi connectivity index (χ2v) is 7.45. The second kappa shape index (κ2) is 8.83. The van der Waals surface area contributed by atoms with Crippen molar-refractivity contribution in [2.75, 3.05) is 7.11 Å². The Kier molecular flexibility index (Phi) is 7.42. The van der Waals surface area contributed by atoms with E-state index in [0.29, 0.717) is 12.3 Å². The minimum atomic E-state index is -0.617. The quantitative estimate of drug-likeness (QED) is 0.753. The van der Waals surface area contributed by atoms with Gasteiger partial charge in [0.25, 0.3) is 0 Å². The monoisotopic (exact) mass is 334 g/mol. The van der Waals surface area contributed by atoms with Crippen molar-refractivity contribution in [2.24, 2.45) is 5.92 Å². The Morgan fingerprint density at radius 3 is 2.17 bits per heavy atom. The van der Waals surface area contributed by atoms with Crippen LogP contribution in [0.2, 0.25) is 0 Å². The lowest BCUT2D eigenvalue weighted by molar-refractivity contribution is -0.144. The summed E-state index contributed by atoms with van der Waals surface area (Å²) in [6.45, 7) is 9.85. The Bertz CT molecular complexity index is 535. The molecule has 2 atom stereocenters. The lowest BCUT2D eigenvalue weighted by Gasteiger charge is -2.28. The molecule has 24 heavy (non-hydrogen) atoms. The van der Waals surface area contributed by atoms with Gasteiger partial charge in [0.05, 0.1) is 7.11 Å². The van der Waals surface area contributed by atoms with E-state index in [9.17, 15) is 9.59 Å². The third-order valence-corrected chi connectivity index (χ3v) is 3.45. The fourth-order valence-electron chi connectivity index (χ4n) is 2.46. The van der Waals surface area contributed by atoms with Gasteiger partial charge in [0.2, 0.25) is 5.91 Å². The normalized spacial score (nSPS) is 14.1. The van der Waals surface area contributed by atoms with E-state index in [1.807, 2.05) is 65.0 Å². The van der Waals surface area contributed by atoms with E-state index in [1.54, 1.807) is 0 Å². The maximum atomic E-state index is 12.8. The van der Waals surface area contributed by atoms with Crippen LogP contribution in [0, 0.1) is 5.92 Å². The summed E-state index contributed by atoms with van der Waals surface area (Å²) in [5.74, 6) is -0.219. The van der Waals surface area contributed by atoms with E-state index in [-0.39, 0.29) is 17.4 Å².